The van der Waals surface area contributed by atoms with E-state index in [4.69, 9.17) is 0 Å². The topological polar surface area (TPSA) is 26.9 Å². The number of Topliss-reactive ketones (excluding diaryl/α,β-unsaturated/α-hetero) is 1. The van der Waals surface area contributed by atoms with E-state index in [-0.39, 0.29) is 5.78 Å². The maximum Gasteiger partial charge on any atom is 0.184 e. The van der Waals surface area contributed by atoms with Gasteiger partial charge in [-0.1, -0.05) is 54.6 Å². The highest BCUT2D eigenvalue weighted by Gasteiger charge is 2.30. The predicted molar refractivity (Wildman–Crippen MR) is 135 cm³/mol. The largest absolute Gasteiger partial charge is 0.343 e. The zero-order chi connectivity index (χ0) is 22.1. The Kier molecular flexibility index (Phi) is 5.38. The number of ketones is 1. The lowest BCUT2D eigenvalue weighted by Gasteiger charge is -2.15. The molecule has 0 N–H and O–H groups in total. The van der Waals surface area contributed by atoms with E-state index in [1.807, 2.05) is 53.9 Å². The molecule has 0 amide bonds. The highest BCUT2D eigenvalue weighted by atomic mass is 32.1. The molecule has 0 bridgehead atoms. The third-order valence-electron chi connectivity index (χ3n) is 5.94. The van der Waals surface area contributed by atoms with Gasteiger partial charge < -0.3 is 9.13 Å². The molecule has 0 saturated heterocycles. The number of carbonyl (C=O) groups excluding carboxylic acids is 1. The summed E-state index contributed by atoms with van der Waals surface area (Å²) in [6.45, 7) is 9.22. The quantitative estimate of drug-likeness (QED) is 0.189. The second kappa shape index (κ2) is 8.48. The van der Waals surface area contributed by atoms with Gasteiger partial charge in [-0.2, -0.15) is 0 Å². The van der Waals surface area contributed by atoms with Crippen LogP contribution in [0.15, 0.2) is 104 Å². The molecule has 3 heterocycles. The standard InChI is InChI=1S/C28H24N2OS/c1-3-15-29-18-22(20-10-5-7-12-24(20)29)27(28(31)26-14-9-17-32-26)23-19-30(16-4-2)25-13-8-6-11-21(23)25/h3-14,17-19,27H,1-2,15-16H2. The maximum atomic E-state index is 14.0. The number of rotatable bonds is 8. The number of carbonyl (C=O) groups is 1. The maximum absolute atomic E-state index is 14.0. The molecule has 0 radical (unpaired) electrons. The monoisotopic (exact) mass is 436 g/mol. The average Bonchev–Trinajstić information content (AvgIpc) is 3.55. The fraction of sp³-hybridized carbons (Fsp3) is 0.107. The minimum absolute atomic E-state index is 0.128. The first-order chi connectivity index (χ1) is 15.7. The normalized spacial score (nSPS) is 11.4. The summed E-state index contributed by atoms with van der Waals surface area (Å²) >= 11 is 1.50. The average molecular weight is 437 g/mol. The summed E-state index contributed by atoms with van der Waals surface area (Å²) in [5.41, 5.74) is 4.28. The van der Waals surface area contributed by atoms with Crippen molar-refractivity contribution in [2.24, 2.45) is 0 Å². The van der Waals surface area contributed by atoms with Gasteiger partial charge in [0, 0.05) is 47.3 Å². The molecule has 0 spiro atoms. The molecule has 158 valence electrons. The molecule has 0 aliphatic heterocycles. The smallest absolute Gasteiger partial charge is 0.184 e. The molecule has 5 aromatic rings. The van der Waals surface area contributed by atoms with Crippen LogP contribution in [0.25, 0.3) is 21.8 Å². The summed E-state index contributed by atoms with van der Waals surface area (Å²) in [6, 6.07) is 20.5. The molecule has 4 heteroatoms. The minimum Gasteiger partial charge on any atom is -0.343 e. The Morgan fingerprint density at radius 2 is 1.34 bits per heavy atom. The number of para-hydroxylation sites is 2. The van der Waals surface area contributed by atoms with Crippen molar-refractivity contribution in [3.63, 3.8) is 0 Å². The Balaban J connectivity index is 1.81. The van der Waals surface area contributed by atoms with Gasteiger partial charge in [-0.3, -0.25) is 4.79 Å². The molecule has 3 aromatic heterocycles. The van der Waals surface area contributed by atoms with Crippen LogP contribution in [0.2, 0.25) is 0 Å². The van der Waals surface area contributed by atoms with Crippen LogP contribution in [0.3, 0.4) is 0 Å². The number of benzene rings is 2. The number of hydrogen-bond acceptors (Lipinski definition) is 2. The van der Waals surface area contributed by atoms with Crippen molar-refractivity contribution in [3.8, 4) is 0 Å². The second-order valence-electron chi connectivity index (χ2n) is 7.86. The van der Waals surface area contributed by atoms with Crippen LogP contribution in [0.4, 0.5) is 0 Å². The van der Waals surface area contributed by atoms with Gasteiger partial charge in [-0.05, 0) is 34.7 Å². The number of hydrogen-bond donors (Lipinski definition) is 0. The Bertz CT molecular complexity index is 1350. The van der Waals surface area contributed by atoms with E-state index in [1.54, 1.807) is 0 Å². The fourth-order valence-electron chi connectivity index (χ4n) is 4.60. The molecule has 0 aliphatic carbocycles. The first kappa shape index (κ1) is 20.3. The second-order valence-corrected chi connectivity index (χ2v) is 8.81. The third-order valence-corrected chi connectivity index (χ3v) is 6.82. The summed E-state index contributed by atoms with van der Waals surface area (Å²) in [7, 11) is 0. The summed E-state index contributed by atoms with van der Waals surface area (Å²) < 4.78 is 4.35. The predicted octanol–water partition coefficient (Wildman–Crippen LogP) is 7.04. The van der Waals surface area contributed by atoms with Gasteiger partial charge >= 0.3 is 0 Å². The Labute approximate surface area is 191 Å². The van der Waals surface area contributed by atoms with Gasteiger partial charge in [0.05, 0.1) is 10.8 Å². The van der Waals surface area contributed by atoms with Crippen LogP contribution in [0.5, 0.6) is 0 Å². The van der Waals surface area contributed by atoms with Crippen molar-refractivity contribution in [1.29, 1.82) is 0 Å². The van der Waals surface area contributed by atoms with E-state index in [0.29, 0.717) is 13.1 Å². The minimum atomic E-state index is -0.402. The molecule has 0 aliphatic rings. The van der Waals surface area contributed by atoms with Gasteiger partial charge in [0.1, 0.15) is 0 Å². The summed E-state index contributed by atoms with van der Waals surface area (Å²) in [6.07, 6.45) is 8.04. The highest BCUT2D eigenvalue weighted by molar-refractivity contribution is 7.12. The van der Waals surface area contributed by atoms with Crippen LogP contribution in [0.1, 0.15) is 26.7 Å². The molecular weight excluding hydrogens is 412 g/mol. The molecule has 32 heavy (non-hydrogen) atoms. The fourth-order valence-corrected chi connectivity index (χ4v) is 5.30. The van der Waals surface area contributed by atoms with Crippen LogP contribution in [-0.2, 0) is 13.1 Å². The first-order valence-corrected chi connectivity index (χ1v) is 11.6. The zero-order valence-electron chi connectivity index (χ0n) is 17.8. The van der Waals surface area contributed by atoms with Crippen molar-refractivity contribution in [2.75, 3.05) is 0 Å². The van der Waals surface area contributed by atoms with E-state index in [9.17, 15) is 4.79 Å². The van der Waals surface area contributed by atoms with E-state index in [1.165, 1.54) is 11.3 Å². The number of aromatic nitrogens is 2. The van der Waals surface area contributed by atoms with Crippen molar-refractivity contribution in [3.05, 3.63) is 120 Å². The molecule has 0 unspecified atom stereocenters. The summed E-state index contributed by atoms with van der Waals surface area (Å²) in [5, 5.41) is 4.17. The highest BCUT2D eigenvalue weighted by Crippen LogP contribution is 2.39. The Morgan fingerprint density at radius 1 is 0.812 bits per heavy atom. The lowest BCUT2D eigenvalue weighted by atomic mass is 9.86. The summed E-state index contributed by atoms with van der Waals surface area (Å²) in [4.78, 5) is 14.8. The van der Waals surface area contributed by atoms with E-state index in [0.717, 1.165) is 37.8 Å². The van der Waals surface area contributed by atoms with Crippen LogP contribution >= 0.6 is 11.3 Å². The van der Waals surface area contributed by atoms with Gasteiger partial charge in [-0.15, -0.1) is 24.5 Å². The van der Waals surface area contributed by atoms with Gasteiger partial charge in [0.15, 0.2) is 5.78 Å². The summed E-state index contributed by atoms with van der Waals surface area (Å²) in [5.74, 6) is -0.274. The molecule has 0 saturated carbocycles. The zero-order valence-corrected chi connectivity index (χ0v) is 18.6. The van der Waals surface area contributed by atoms with Crippen LogP contribution < -0.4 is 0 Å². The lowest BCUT2D eigenvalue weighted by molar-refractivity contribution is 0.0978. The number of fused-ring (bicyclic) bond motifs is 2. The van der Waals surface area contributed by atoms with Gasteiger partial charge in [-0.25, -0.2) is 0 Å². The number of thiophene rings is 1. The van der Waals surface area contributed by atoms with Crippen LogP contribution in [-0.4, -0.2) is 14.9 Å². The van der Waals surface area contributed by atoms with Crippen molar-refractivity contribution in [2.45, 2.75) is 19.0 Å². The van der Waals surface area contributed by atoms with Crippen LogP contribution in [0, 0.1) is 0 Å². The molecule has 0 fully saturated rings. The van der Waals surface area contributed by atoms with E-state index >= 15 is 0 Å². The Morgan fingerprint density at radius 3 is 1.81 bits per heavy atom. The number of allylic oxidation sites excluding steroid dienone is 2. The van der Waals surface area contributed by atoms with Gasteiger partial charge in [0.25, 0.3) is 0 Å². The van der Waals surface area contributed by atoms with Crippen molar-refractivity contribution < 1.29 is 4.79 Å². The van der Waals surface area contributed by atoms with Crippen molar-refractivity contribution in [1.82, 2.24) is 9.13 Å². The first-order valence-electron chi connectivity index (χ1n) is 10.7. The van der Waals surface area contributed by atoms with E-state index in [2.05, 4.69) is 59.0 Å². The molecule has 0 atom stereocenters. The SMILES string of the molecule is C=CCn1cc(C(C(=O)c2cccs2)c2cn(CC=C)c3ccccc23)c2ccccc21. The Hall–Kier alpha value is -3.63. The molecule has 5 rings (SSSR count). The molecule has 3 nitrogen and oxygen atoms in total. The van der Waals surface area contributed by atoms with E-state index < -0.39 is 5.92 Å². The molecular formula is C28H24N2OS. The lowest BCUT2D eigenvalue weighted by Crippen LogP contribution is -2.13. The van der Waals surface area contributed by atoms with Crippen molar-refractivity contribution >= 4 is 38.9 Å². The third kappa shape index (κ3) is 3.33. The van der Waals surface area contributed by atoms with Gasteiger partial charge in [0.2, 0.25) is 0 Å². The molecule has 2 aromatic carbocycles. The number of nitrogens with zero attached hydrogens (tertiary/aromatic N) is 2.